The highest BCUT2D eigenvalue weighted by Crippen LogP contribution is 2.19. The Morgan fingerprint density at radius 3 is 2.06 bits per heavy atom. The molecule has 180 valence electrons. The molecule has 0 fully saturated rings. The highest BCUT2D eigenvalue weighted by Gasteiger charge is 2.18. The molecule has 0 saturated carbocycles. The molecule has 0 aliphatic rings. The minimum atomic E-state index is -3.57. The van der Waals surface area contributed by atoms with Crippen molar-refractivity contribution in [1.82, 2.24) is 4.72 Å². The quantitative estimate of drug-likeness (QED) is 0.224. The molecule has 0 spiro atoms. The fourth-order valence-electron chi connectivity index (χ4n) is 2.87. The first-order valence-electron chi connectivity index (χ1n) is 10.3. The second kappa shape index (κ2) is 14.7. The molecule has 5 nitrogen and oxygen atoms in total. The molecular weight excluding hydrogens is 602 g/mol. The van der Waals surface area contributed by atoms with Crippen LogP contribution in [0.4, 0.5) is 0 Å². The molecule has 0 aliphatic carbocycles. The van der Waals surface area contributed by atoms with E-state index in [1.807, 2.05) is 12.1 Å². The molecule has 2 rings (SSSR count). The van der Waals surface area contributed by atoms with E-state index in [0.717, 1.165) is 36.8 Å². The van der Waals surface area contributed by atoms with Crippen LogP contribution in [-0.4, -0.2) is 23.4 Å². The van der Waals surface area contributed by atoms with E-state index < -0.39 is 19.1 Å². The highest BCUT2D eigenvalue weighted by molar-refractivity contribution is 9.08. The van der Waals surface area contributed by atoms with Crippen LogP contribution in [-0.2, 0) is 29.7 Å². The Labute approximate surface area is 214 Å². The van der Waals surface area contributed by atoms with Crippen molar-refractivity contribution in [2.45, 2.75) is 60.0 Å². The number of hydrogen-bond donors (Lipinski definition) is 1. The van der Waals surface area contributed by atoms with E-state index in [1.54, 1.807) is 24.3 Å². The average molecular weight is 632 g/mol. The minimum absolute atomic E-state index is 0.133. The predicted octanol–water partition coefficient (Wildman–Crippen LogP) is 6.59. The van der Waals surface area contributed by atoms with Crippen LogP contribution < -0.4 is 4.72 Å². The van der Waals surface area contributed by atoms with Crippen molar-refractivity contribution in [2.24, 2.45) is 5.92 Å². The third-order valence-corrected chi connectivity index (χ3v) is 9.02. The molecule has 1 N–H and O–H groups in total. The lowest BCUT2D eigenvalue weighted by Gasteiger charge is -2.16. The summed E-state index contributed by atoms with van der Waals surface area (Å²) in [7, 11) is -1.87. The first-order chi connectivity index (χ1) is 15.1. The van der Waals surface area contributed by atoms with Crippen molar-refractivity contribution < 1.29 is 16.8 Å². The number of hydrogen-bond acceptors (Lipinski definition) is 4. The third-order valence-electron chi connectivity index (χ3n) is 4.87. The molecule has 0 amide bonds. The van der Waals surface area contributed by atoms with Crippen molar-refractivity contribution in [3.63, 3.8) is 0 Å². The Hall–Kier alpha value is -0.450. The van der Waals surface area contributed by atoms with E-state index in [1.165, 1.54) is 12.1 Å². The summed E-state index contributed by atoms with van der Waals surface area (Å²) in [6.07, 6.45) is 4.38. The lowest BCUT2D eigenvalue weighted by atomic mass is 10.00. The zero-order chi connectivity index (χ0) is 24.2. The number of alkyl halides is 2. The molecule has 0 bridgehead atoms. The third kappa shape index (κ3) is 10.2. The molecule has 0 heterocycles. The van der Waals surface area contributed by atoms with Crippen LogP contribution in [0.15, 0.2) is 58.3 Å². The van der Waals surface area contributed by atoms with Crippen LogP contribution in [0.2, 0.25) is 0 Å². The van der Waals surface area contributed by atoms with Gasteiger partial charge in [0.1, 0.15) is 0 Å². The second-order valence-electron chi connectivity index (χ2n) is 7.23. The lowest BCUT2D eigenvalue weighted by Crippen LogP contribution is -2.30. The van der Waals surface area contributed by atoms with Gasteiger partial charge in [0.15, 0.2) is 0 Å². The number of unbranched alkanes of at least 4 members (excludes halogenated alkanes) is 1. The maximum Gasteiger partial charge on any atom is 0.261 e. The summed E-state index contributed by atoms with van der Waals surface area (Å²) < 4.78 is 49.1. The van der Waals surface area contributed by atoms with Gasteiger partial charge in [-0.2, -0.15) is 0 Å². The van der Waals surface area contributed by atoms with E-state index >= 15 is 0 Å². The zero-order valence-electron chi connectivity index (χ0n) is 18.2. The molecule has 1 unspecified atom stereocenters. The molecule has 1 atom stereocenters. The van der Waals surface area contributed by atoms with Gasteiger partial charge in [0, 0.05) is 27.9 Å². The highest BCUT2D eigenvalue weighted by atomic mass is 79.9. The number of sulfonamides is 1. The number of nitrogens with one attached hydrogen (secondary N) is 1. The fourth-order valence-corrected chi connectivity index (χ4v) is 6.04. The van der Waals surface area contributed by atoms with Gasteiger partial charge in [-0.3, -0.25) is 0 Å². The van der Waals surface area contributed by atoms with Gasteiger partial charge >= 0.3 is 0 Å². The van der Waals surface area contributed by atoms with Crippen molar-refractivity contribution in [2.75, 3.05) is 6.54 Å². The van der Waals surface area contributed by atoms with Crippen LogP contribution in [0.1, 0.15) is 50.7 Å². The maximum atomic E-state index is 12.4. The monoisotopic (exact) mass is 629 g/mol. The van der Waals surface area contributed by atoms with Crippen molar-refractivity contribution in [3.05, 3.63) is 59.7 Å². The predicted molar refractivity (Wildman–Crippen MR) is 140 cm³/mol. The summed E-state index contributed by atoms with van der Waals surface area (Å²) in [5.74, 6) is 0.417. The summed E-state index contributed by atoms with van der Waals surface area (Å²) >= 11 is 6.59. The van der Waals surface area contributed by atoms with E-state index in [9.17, 15) is 16.8 Å². The van der Waals surface area contributed by atoms with Crippen molar-refractivity contribution >= 4 is 61.6 Å². The Morgan fingerprint density at radius 2 is 1.56 bits per heavy atom. The standard InChI is InChI=1S/C15H24BrNO2S.C7H6BrClO2S/c1-3-5-8-13(4-2)12-17-20(18,19)15-10-7-6-9-14(15)11-16;8-5-6-1-3-7(4-2-6)12(9,10)11/h6-7,9-10,13,17H,3-5,8,11-12H2,1-2H3;1-4H,5H2. The van der Waals surface area contributed by atoms with Gasteiger partial charge in [0.2, 0.25) is 10.0 Å². The number of rotatable bonds is 11. The molecular formula is C22H30Br2ClNO4S2. The Kier molecular flexibility index (Phi) is 13.6. The topological polar surface area (TPSA) is 80.3 Å². The SMILES string of the molecule is CCCCC(CC)CNS(=O)(=O)c1ccccc1CBr.O=S(=O)(Cl)c1ccc(CBr)cc1. The summed E-state index contributed by atoms with van der Waals surface area (Å²) in [4.78, 5) is 0.510. The second-order valence-corrected chi connectivity index (χ2v) is 12.6. The number of benzene rings is 2. The van der Waals surface area contributed by atoms with Gasteiger partial charge in [-0.1, -0.05) is 95.3 Å². The van der Waals surface area contributed by atoms with Crippen molar-refractivity contribution in [1.29, 1.82) is 0 Å². The normalized spacial score (nSPS) is 12.7. The summed E-state index contributed by atoms with van der Waals surface area (Å²) in [6.45, 7) is 4.79. The van der Waals surface area contributed by atoms with Crippen LogP contribution in [0.5, 0.6) is 0 Å². The average Bonchev–Trinajstić information content (AvgIpc) is 2.79. The molecule has 0 saturated heterocycles. The van der Waals surface area contributed by atoms with Gasteiger partial charge < -0.3 is 0 Å². The van der Waals surface area contributed by atoms with Gasteiger partial charge in [-0.15, -0.1) is 0 Å². The van der Waals surface area contributed by atoms with Crippen molar-refractivity contribution in [3.8, 4) is 0 Å². The fraction of sp³-hybridized carbons (Fsp3) is 0.455. The van der Waals surface area contributed by atoms with Crippen LogP contribution in [0, 0.1) is 5.92 Å². The van der Waals surface area contributed by atoms with E-state index in [0.29, 0.717) is 28.0 Å². The van der Waals surface area contributed by atoms with Gasteiger partial charge in [0.05, 0.1) is 9.79 Å². The minimum Gasteiger partial charge on any atom is -0.211 e. The zero-order valence-corrected chi connectivity index (χ0v) is 23.8. The smallest absolute Gasteiger partial charge is 0.211 e. The van der Waals surface area contributed by atoms with E-state index in [-0.39, 0.29) is 4.90 Å². The maximum absolute atomic E-state index is 12.4. The summed E-state index contributed by atoms with van der Waals surface area (Å²) in [6, 6.07) is 13.5. The molecule has 0 radical (unpaired) electrons. The summed E-state index contributed by atoms with van der Waals surface area (Å²) in [5.41, 5.74) is 1.81. The first-order valence-corrected chi connectivity index (χ1v) is 16.4. The Bertz CT molecular complexity index is 1030. The first kappa shape index (κ1) is 29.6. The van der Waals surface area contributed by atoms with Gasteiger partial charge in [-0.05, 0) is 41.7 Å². The molecule has 2 aromatic rings. The van der Waals surface area contributed by atoms with Crippen LogP contribution in [0.3, 0.4) is 0 Å². The molecule has 2 aromatic carbocycles. The largest absolute Gasteiger partial charge is 0.261 e. The van der Waals surface area contributed by atoms with E-state index in [2.05, 4.69) is 50.4 Å². The van der Waals surface area contributed by atoms with Crippen LogP contribution in [0.25, 0.3) is 0 Å². The van der Waals surface area contributed by atoms with E-state index in [4.69, 9.17) is 10.7 Å². The molecule has 10 heteroatoms. The van der Waals surface area contributed by atoms with Gasteiger partial charge in [-0.25, -0.2) is 21.6 Å². The Balaban J connectivity index is 0.000000363. The lowest BCUT2D eigenvalue weighted by molar-refractivity contribution is 0.443. The number of halogens is 3. The van der Waals surface area contributed by atoms with Gasteiger partial charge in [0.25, 0.3) is 9.05 Å². The Morgan fingerprint density at radius 1 is 0.938 bits per heavy atom. The summed E-state index contributed by atoms with van der Waals surface area (Å²) in [5, 5.41) is 1.24. The molecule has 32 heavy (non-hydrogen) atoms. The van der Waals surface area contributed by atoms with Crippen LogP contribution >= 0.6 is 42.5 Å². The molecule has 0 aliphatic heterocycles. The molecule has 0 aromatic heterocycles.